The number of hydrogen-bond acceptors (Lipinski definition) is 14. The Balaban J connectivity index is 1.59. The van der Waals surface area contributed by atoms with Crippen LogP contribution < -0.4 is 11.2 Å². The molecule has 2 aliphatic heterocycles. The summed E-state index contributed by atoms with van der Waals surface area (Å²) in [5.74, 6) is 0. The summed E-state index contributed by atoms with van der Waals surface area (Å²) in [6, 6.07) is 0. The molecule has 2 unspecified atom stereocenters. The number of H-pyrrole nitrogens is 1. The highest BCUT2D eigenvalue weighted by Crippen LogP contribution is 2.61. The van der Waals surface area contributed by atoms with Crippen LogP contribution in [0.3, 0.4) is 0 Å². The first-order valence-corrected chi connectivity index (χ1v) is 13.3. The van der Waals surface area contributed by atoms with Gasteiger partial charge in [-0.2, -0.15) is 4.31 Å². The van der Waals surface area contributed by atoms with Gasteiger partial charge in [0.25, 0.3) is 5.56 Å². The van der Waals surface area contributed by atoms with Crippen molar-refractivity contribution >= 4 is 15.6 Å². The molecule has 10 atom stereocenters. The van der Waals surface area contributed by atoms with E-state index < -0.39 is 89.2 Å². The van der Waals surface area contributed by atoms with Crippen molar-refractivity contribution in [2.24, 2.45) is 0 Å². The van der Waals surface area contributed by atoms with Gasteiger partial charge in [-0.3, -0.25) is 23.4 Å². The Labute approximate surface area is 201 Å². The third-order valence-electron chi connectivity index (χ3n) is 5.35. The van der Waals surface area contributed by atoms with Gasteiger partial charge in [-0.1, -0.05) is 0 Å². The van der Waals surface area contributed by atoms with Gasteiger partial charge in [0.15, 0.2) is 6.29 Å². The number of aromatic amines is 1. The Morgan fingerprint density at radius 1 is 1.06 bits per heavy atom. The highest BCUT2D eigenvalue weighted by atomic mass is 31.3. The maximum atomic E-state index is 12.2. The maximum Gasteiger partial charge on any atom is 0.483 e. The zero-order valence-electron chi connectivity index (χ0n) is 18.5. The van der Waals surface area contributed by atoms with Crippen molar-refractivity contribution in [3.05, 3.63) is 32.6 Å². The first-order chi connectivity index (χ1) is 16.6. The summed E-state index contributed by atoms with van der Waals surface area (Å²) in [6.45, 7) is -0.305. The predicted molar refractivity (Wildman–Crippen MR) is 112 cm³/mol. The number of nitrogens with one attached hydrogen (secondary N) is 1. The molecule has 0 amide bonds. The first kappa shape index (κ1) is 29.2. The van der Waals surface area contributed by atoms with Crippen molar-refractivity contribution in [1.82, 2.24) is 9.55 Å². The summed E-state index contributed by atoms with van der Waals surface area (Å²) in [4.78, 5) is 45.2. The molecule has 1 aromatic heterocycles. The number of hydrogen-bond donors (Lipinski definition) is 8. The average molecular weight is 564 g/mol. The van der Waals surface area contributed by atoms with Crippen LogP contribution in [0.15, 0.2) is 15.8 Å². The normalized spacial score (nSPS) is 36.3. The van der Waals surface area contributed by atoms with Crippen LogP contribution in [0.25, 0.3) is 0 Å². The minimum absolute atomic E-state index is 0.172. The first-order valence-electron chi connectivity index (χ1n) is 10.3. The number of aromatic nitrogens is 2. The fourth-order valence-electron chi connectivity index (χ4n) is 3.46. The molecule has 1 aromatic rings. The molecular formula is C16H26N2O16P2. The van der Waals surface area contributed by atoms with Gasteiger partial charge in [-0.15, -0.1) is 0 Å². The topological polar surface area (TPSA) is 277 Å². The SMILES string of the molecule is Cc1cn([C@H]2C[C@H](O)[C@@H](COP(=O)(O)OP(=O)(O)O[C@H]3O[C@H](CO)[C@H](O)[C@H](O)[C@@H]3O)O2)c(=O)[nH]c1=O. The van der Waals surface area contributed by atoms with Gasteiger partial charge < -0.3 is 44.8 Å². The van der Waals surface area contributed by atoms with Crippen LogP contribution in [0.1, 0.15) is 18.2 Å². The van der Waals surface area contributed by atoms with E-state index in [4.69, 9.17) is 14.6 Å². The predicted octanol–water partition coefficient (Wildman–Crippen LogP) is -3.46. The van der Waals surface area contributed by atoms with Crippen LogP contribution in [-0.4, -0.2) is 101 Å². The quantitative estimate of drug-likeness (QED) is 0.135. The van der Waals surface area contributed by atoms with E-state index in [1.807, 2.05) is 0 Å². The van der Waals surface area contributed by atoms with Crippen molar-refractivity contribution < 1.29 is 67.3 Å². The van der Waals surface area contributed by atoms with E-state index in [9.17, 15) is 48.9 Å². The van der Waals surface area contributed by atoms with E-state index in [1.54, 1.807) is 0 Å². The van der Waals surface area contributed by atoms with Crippen molar-refractivity contribution in [1.29, 1.82) is 0 Å². The molecule has 2 saturated heterocycles. The van der Waals surface area contributed by atoms with Gasteiger partial charge in [-0.25, -0.2) is 13.9 Å². The second-order valence-corrected chi connectivity index (χ2v) is 11.0. The lowest BCUT2D eigenvalue weighted by atomic mass is 10.00. The van der Waals surface area contributed by atoms with Crippen LogP contribution in [0.2, 0.25) is 0 Å². The molecule has 8 N–H and O–H groups in total. The maximum absolute atomic E-state index is 12.2. The number of rotatable bonds is 9. The molecule has 3 heterocycles. The average Bonchev–Trinajstić information content (AvgIpc) is 3.14. The van der Waals surface area contributed by atoms with E-state index in [2.05, 4.69) is 18.3 Å². The van der Waals surface area contributed by atoms with Crippen LogP contribution in [0, 0.1) is 6.92 Å². The van der Waals surface area contributed by atoms with Crippen molar-refractivity contribution in [2.75, 3.05) is 13.2 Å². The lowest BCUT2D eigenvalue weighted by Crippen LogP contribution is -2.58. The van der Waals surface area contributed by atoms with E-state index >= 15 is 0 Å². The number of aliphatic hydroxyl groups excluding tert-OH is 5. The minimum Gasteiger partial charge on any atom is -0.394 e. The summed E-state index contributed by atoms with van der Waals surface area (Å²) < 4.78 is 48.8. The van der Waals surface area contributed by atoms with Gasteiger partial charge >= 0.3 is 21.3 Å². The fraction of sp³-hybridized carbons (Fsp3) is 0.750. The lowest BCUT2D eigenvalue weighted by Gasteiger charge is -2.39. The molecule has 18 nitrogen and oxygen atoms in total. The third-order valence-corrected chi connectivity index (χ3v) is 7.95. The highest BCUT2D eigenvalue weighted by molar-refractivity contribution is 7.61. The molecule has 0 aliphatic carbocycles. The second kappa shape index (κ2) is 11.2. The van der Waals surface area contributed by atoms with Crippen LogP contribution in [-0.2, 0) is 32.0 Å². The molecule has 0 spiro atoms. The molecule has 20 heteroatoms. The van der Waals surface area contributed by atoms with Gasteiger partial charge in [0, 0.05) is 18.2 Å². The summed E-state index contributed by atoms with van der Waals surface area (Å²) >= 11 is 0. The van der Waals surface area contributed by atoms with Crippen molar-refractivity contribution in [2.45, 2.75) is 62.5 Å². The number of aryl methyl sites for hydroxylation is 1. The second-order valence-electron chi connectivity index (χ2n) is 8.03. The van der Waals surface area contributed by atoms with Crippen molar-refractivity contribution in [3.63, 3.8) is 0 Å². The van der Waals surface area contributed by atoms with Crippen LogP contribution in [0.4, 0.5) is 0 Å². The van der Waals surface area contributed by atoms with E-state index in [1.165, 1.54) is 13.1 Å². The fourth-order valence-corrected chi connectivity index (χ4v) is 5.62. The molecule has 206 valence electrons. The van der Waals surface area contributed by atoms with E-state index in [-0.39, 0.29) is 12.0 Å². The van der Waals surface area contributed by atoms with E-state index in [0.717, 1.165) is 4.57 Å². The van der Waals surface area contributed by atoms with Crippen molar-refractivity contribution in [3.8, 4) is 0 Å². The molecule has 0 saturated carbocycles. The Morgan fingerprint density at radius 3 is 2.36 bits per heavy atom. The minimum atomic E-state index is -5.54. The van der Waals surface area contributed by atoms with Crippen LogP contribution in [0.5, 0.6) is 0 Å². The zero-order chi connectivity index (χ0) is 27.0. The standard InChI is InChI=1S/C16H26N2O16P2/c1-6-3-18(16(25)17-14(6)24)10-2-7(20)9(31-10)5-30-35(26,27)34-36(28,29)33-15-13(23)12(22)11(21)8(4-19)32-15/h3,7-13,15,19-23H,2,4-5H2,1H3,(H,26,27)(H,28,29)(H,17,24,25)/t7-,8+,9+,10+,11-,12-,13-,15+/m0/s1. The molecule has 0 radical (unpaired) electrons. The van der Waals surface area contributed by atoms with Gasteiger partial charge in [0.1, 0.15) is 36.7 Å². The highest BCUT2D eigenvalue weighted by Gasteiger charge is 2.48. The van der Waals surface area contributed by atoms with E-state index in [0.29, 0.717) is 0 Å². The molecule has 3 rings (SSSR count). The number of ether oxygens (including phenoxy) is 2. The number of aliphatic hydroxyl groups is 5. The van der Waals surface area contributed by atoms with Crippen LogP contribution >= 0.6 is 15.6 Å². The van der Waals surface area contributed by atoms with Gasteiger partial charge in [-0.05, 0) is 6.92 Å². The number of phosphoric ester groups is 2. The van der Waals surface area contributed by atoms with Gasteiger partial charge in [0.05, 0.1) is 19.3 Å². The summed E-state index contributed by atoms with van der Waals surface area (Å²) in [7, 11) is -10.9. The molecule has 0 bridgehead atoms. The lowest BCUT2D eigenvalue weighted by molar-refractivity contribution is -0.280. The third kappa shape index (κ3) is 6.75. The Kier molecular flexibility index (Phi) is 9.08. The molecule has 2 fully saturated rings. The smallest absolute Gasteiger partial charge is 0.394 e. The molecule has 36 heavy (non-hydrogen) atoms. The number of nitrogens with zero attached hydrogens (tertiary/aromatic N) is 1. The monoisotopic (exact) mass is 564 g/mol. The molecular weight excluding hydrogens is 538 g/mol. The summed E-state index contributed by atoms with van der Waals surface area (Å²) in [5.41, 5.74) is -1.27. The molecule has 0 aromatic carbocycles. The summed E-state index contributed by atoms with van der Waals surface area (Å²) in [6.07, 6.45) is -12.2. The summed E-state index contributed by atoms with van der Waals surface area (Å²) in [5, 5.41) is 48.5. The van der Waals surface area contributed by atoms with Gasteiger partial charge in [0.2, 0.25) is 0 Å². The Bertz CT molecular complexity index is 1140. The Hall–Kier alpha value is -1.34. The Morgan fingerprint density at radius 2 is 1.72 bits per heavy atom. The zero-order valence-corrected chi connectivity index (χ0v) is 20.3. The number of phosphoric acid groups is 2. The molecule has 2 aliphatic rings. The largest absolute Gasteiger partial charge is 0.483 e.